The minimum Gasteiger partial charge on any atom is -0.508 e. The van der Waals surface area contributed by atoms with Crippen molar-refractivity contribution in [2.75, 3.05) is 6.54 Å². The first-order chi connectivity index (χ1) is 13.5. The molecule has 0 saturated heterocycles. The van der Waals surface area contributed by atoms with Gasteiger partial charge >= 0.3 is 0 Å². The number of aliphatic hydroxyl groups excluding tert-OH is 1. The third-order valence-electron chi connectivity index (χ3n) is 4.87. The first kappa shape index (κ1) is 17.9. The standard InChI is InChI=1S/C21H21N3O4/c1-14-6-7-17(28-14)19-18(15-4-2-5-16(25)12-15)20(26)21(27)24(19)10-3-9-23-11-8-22-13-23/h2,4-8,11-13,19,25-26H,3,9-10H2,1H3. The van der Waals surface area contributed by atoms with E-state index in [9.17, 15) is 15.0 Å². The minimum absolute atomic E-state index is 0.0678. The largest absolute Gasteiger partial charge is 0.508 e. The summed E-state index contributed by atoms with van der Waals surface area (Å²) >= 11 is 0. The average molecular weight is 379 g/mol. The Bertz CT molecular complexity index is 1020. The Balaban J connectivity index is 1.67. The number of benzene rings is 1. The zero-order valence-electron chi connectivity index (χ0n) is 15.4. The summed E-state index contributed by atoms with van der Waals surface area (Å²) in [5.41, 5.74) is 1.03. The van der Waals surface area contributed by atoms with Crippen molar-refractivity contribution in [3.63, 3.8) is 0 Å². The number of nitrogens with zero attached hydrogens (tertiary/aromatic N) is 3. The van der Waals surface area contributed by atoms with E-state index in [4.69, 9.17) is 4.42 Å². The molecule has 0 fully saturated rings. The molecule has 144 valence electrons. The zero-order valence-corrected chi connectivity index (χ0v) is 15.4. The van der Waals surface area contributed by atoms with Gasteiger partial charge in [-0.1, -0.05) is 12.1 Å². The molecular formula is C21H21N3O4. The van der Waals surface area contributed by atoms with E-state index in [-0.39, 0.29) is 11.5 Å². The average Bonchev–Trinajstić information content (AvgIpc) is 3.38. The number of aryl methyl sites for hydroxylation is 2. The molecule has 0 bridgehead atoms. The van der Waals surface area contributed by atoms with Crippen LogP contribution in [0, 0.1) is 6.92 Å². The van der Waals surface area contributed by atoms with Crippen LogP contribution in [0.2, 0.25) is 0 Å². The molecule has 28 heavy (non-hydrogen) atoms. The van der Waals surface area contributed by atoms with Crippen LogP contribution in [0.15, 0.2) is 65.3 Å². The molecule has 0 radical (unpaired) electrons. The summed E-state index contributed by atoms with van der Waals surface area (Å²) in [7, 11) is 0. The first-order valence-corrected chi connectivity index (χ1v) is 9.10. The van der Waals surface area contributed by atoms with Crippen LogP contribution in [-0.4, -0.2) is 37.1 Å². The number of amides is 1. The highest BCUT2D eigenvalue weighted by atomic mass is 16.3. The number of phenolic OH excluding ortho intramolecular Hbond substituents is 1. The summed E-state index contributed by atoms with van der Waals surface area (Å²) in [6.07, 6.45) is 6.00. The number of rotatable bonds is 6. The molecule has 0 spiro atoms. The number of phenols is 1. The van der Waals surface area contributed by atoms with Gasteiger partial charge in [0.25, 0.3) is 5.91 Å². The van der Waals surface area contributed by atoms with E-state index in [1.165, 1.54) is 6.07 Å². The van der Waals surface area contributed by atoms with Gasteiger partial charge in [0.05, 0.1) is 6.33 Å². The number of aromatic hydroxyl groups is 1. The SMILES string of the molecule is Cc1ccc(C2C(c3cccc(O)c3)=C(O)C(=O)N2CCCn2ccnc2)o1. The molecule has 1 aliphatic rings. The molecule has 2 aromatic heterocycles. The summed E-state index contributed by atoms with van der Waals surface area (Å²) < 4.78 is 7.75. The van der Waals surface area contributed by atoms with Crippen LogP contribution in [0.4, 0.5) is 0 Å². The maximum Gasteiger partial charge on any atom is 0.289 e. The lowest BCUT2D eigenvalue weighted by molar-refractivity contribution is -0.129. The van der Waals surface area contributed by atoms with Crippen molar-refractivity contribution in [1.29, 1.82) is 0 Å². The lowest BCUT2D eigenvalue weighted by Gasteiger charge is -2.25. The number of carbonyl (C=O) groups excluding carboxylic acids is 1. The summed E-state index contributed by atoms with van der Waals surface area (Å²) in [6, 6.07) is 9.63. The van der Waals surface area contributed by atoms with E-state index in [1.807, 2.05) is 29.8 Å². The molecule has 1 atom stereocenters. The van der Waals surface area contributed by atoms with E-state index >= 15 is 0 Å². The maximum atomic E-state index is 12.9. The smallest absolute Gasteiger partial charge is 0.289 e. The van der Waals surface area contributed by atoms with Crippen molar-refractivity contribution in [2.24, 2.45) is 0 Å². The Morgan fingerprint density at radius 3 is 2.71 bits per heavy atom. The summed E-state index contributed by atoms with van der Waals surface area (Å²) in [5.74, 6) is 0.617. The highest BCUT2D eigenvalue weighted by Crippen LogP contribution is 2.44. The van der Waals surface area contributed by atoms with Crippen LogP contribution in [0.1, 0.15) is 29.5 Å². The molecular weight excluding hydrogens is 358 g/mol. The molecule has 2 N–H and O–H groups in total. The van der Waals surface area contributed by atoms with Gasteiger partial charge in [-0.15, -0.1) is 0 Å². The third-order valence-corrected chi connectivity index (χ3v) is 4.87. The lowest BCUT2D eigenvalue weighted by atomic mass is 9.97. The minimum atomic E-state index is -0.550. The molecule has 3 aromatic rings. The van der Waals surface area contributed by atoms with Gasteiger partial charge in [0.15, 0.2) is 5.76 Å². The number of aromatic nitrogens is 2. The molecule has 3 heterocycles. The lowest BCUT2D eigenvalue weighted by Crippen LogP contribution is -2.31. The van der Waals surface area contributed by atoms with E-state index in [1.54, 1.807) is 35.6 Å². The van der Waals surface area contributed by atoms with E-state index in [0.29, 0.717) is 36.4 Å². The van der Waals surface area contributed by atoms with Crippen molar-refractivity contribution in [3.8, 4) is 5.75 Å². The van der Waals surface area contributed by atoms with Gasteiger partial charge in [0.1, 0.15) is 23.3 Å². The number of imidazole rings is 1. The first-order valence-electron chi connectivity index (χ1n) is 9.10. The Kier molecular flexibility index (Phi) is 4.65. The summed E-state index contributed by atoms with van der Waals surface area (Å²) in [6.45, 7) is 2.98. The fraction of sp³-hybridized carbons (Fsp3) is 0.238. The van der Waals surface area contributed by atoms with E-state index < -0.39 is 11.9 Å². The second kappa shape index (κ2) is 7.26. The predicted molar refractivity (Wildman–Crippen MR) is 102 cm³/mol. The molecule has 1 amide bonds. The summed E-state index contributed by atoms with van der Waals surface area (Å²) in [4.78, 5) is 18.5. The Hall–Kier alpha value is -3.48. The van der Waals surface area contributed by atoms with E-state index in [2.05, 4.69) is 4.98 Å². The molecule has 1 aromatic carbocycles. The van der Waals surface area contributed by atoms with Gasteiger partial charge in [0, 0.05) is 31.1 Å². The van der Waals surface area contributed by atoms with Crippen LogP contribution in [0.25, 0.3) is 5.57 Å². The highest BCUT2D eigenvalue weighted by molar-refractivity contribution is 6.05. The van der Waals surface area contributed by atoms with Crippen molar-refractivity contribution in [3.05, 3.63) is 78.0 Å². The van der Waals surface area contributed by atoms with E-state index in [0.717, 1.165) is 5.76 Å². The fourth-order valence-corrected chi connectivity index (χ4v) is 3.59. The van der Waals surface area contributed by atoms with Crippen LogP contribution in [-0.2, 0) is 11.3 Å². The number of furan rings is 1. The number of aliphatic hydroxyl groups is 1. The van der Waals surface area contributed by atoms with Crippen molar-refractivity contribution in [2.45, 2.75) is 25.9 Å². The van der Waals surface area contributed by atoms with Gasteiger partial charge in [-0.3, -0.25) is 4.79 Å². The maximum absolute atomic E-state index is 12.9. The van der Waals surface area contributed by atoms with Crippen LogP contribution in [0.3, 0.4) is 0 Å². The molecule has 1 aliphatic heterocycles. The molecule has 7 heteroatoms. The Labute approximate surface area is 162 Å². The molecule has 1 unspecified atom stereocenters. The monoisotopic (exact) mass is 379 g/mol. The second-order valence-corrected chi connectivity index (χ2v) is 6.82. The van der Waals surface area contributed by atoms with Gasteiger partial charge in [-0.25, -0.2) is 4.98 Å². The Morgan fingerprint density at radius 2 is 2.04 bits per heavy atom. The van der Waals surface area contributed by atoms with Gasteiger partial charge in [-0.2, -0.15) is 0 Å². The normalized spacial score (nSPS) is 17.0. The number of hydrogen-bond donors (Lipinski definition) is 2. The van der Waals surface area contributed by atoms with Gasteiger partial charge < -0.3 is 24.1 Å². The highest BCUT2D eigenvalue weighted by Gasteiger charge is 2.42. The zero-order chi connectivity index (χ0) is 19.7. The van der Waals surface area contributed by atoms with Crippen LogP contribution >= 0.6 is 0 Å². The van der Waals surface area contributed by atoms with Gasteiger partial charge in [0.2, 0.25) is 0 Å². The number of carbonyl (C=O) groups is 1. The van der Waals surface area contributed by atoms with Crippen molar-refractivity contribution in [1.82, 2.24) is 14.5 Å². The fourth-order valence-electron chi connectivity index (χ4n) is 3.59. The summed E-state index contributed by atoms with van der Waals surface area (Å²) in [5, 5.41) is 20.5. The predicted octanol–water partition coefficient (Wildman–Crippen LogP) is 3.43. The molecule has 0 aliphatic carbocycles. The molecule has 7 nitrogen and oxygen atoms in total. The van der Waals surface area contributed by atoms with Crippen LogP contribution in [0.5, 0.6) is 5.75 Å². The Morgan fingerprint density at radius 1 is 1.18 bits per heavy atom. The quantitative estimate of drug-likeness (QED) is 0.685. The van der Waals surface area contributed by atoms with Crippen LogP contribution < -0.4 is 0 Å². The van der Waals surface area contributed by atoms with Gasteiger partial charge in [-0.05, 0) is 43.2 Å². The second-order valence-electron chi connectivity index (χ2n) is 6.82. The third kappa shape index (κ3) is 3.26. The van der Waals surface area contributed by atoms with Crippen molar-refractivity contribution >= 4 is 11.5 Å². The number of hydrogen-bond acceptors (Lipinski definition) is 5. The van der Waals surface area contributed by atoms with Crippen molar-refractivity contribution < 1.29 is 19.4 Å². The topological polar surface area (TPSA) is 91.7 Å². The molecule has 0 saturated carbocycles. The molecule has 4 rings (SSSR count).